The van der Waals surface area contributed by atoms with Crippen molar-refractivity contribution in [1.82, 2.24) is 20.4 Å². The Morgan fingerprint density at radius 2 is 2.00 bits per heavy atom. The summed E-state index contributed by atoms with van der Waals surface area (Å²) >= 11 is 7.69. The van der Waals surface area contributed by atoms with Gasteiger partial charge >= 0.3 is 0 Å². The van der Waals surface area contributed by atoms with Gasteiger partial charge in [0.1, 0.15) is 5.01 Å². The zero-order valence-electron chi connectivity index (χ0n) is 12.9. The second kappa shape index (κ2) is 7.21. The minimum absolute atomic E-state index is 0.169. The van der Waals surface area contributed by atoms with Crippen molar-refractivity contribution in [1.29, 1.82) is 0 Å². The van der Waals surface area contributed by atoms with Crippen molar-refractivity contribution < 1.29 is 4.52 Å². The molecule has 7 heteroatoms. The number of rotatable bonds is 6. The normalized spacial score (nSPS) is 12.7. The average molecular weight is 349 g/mol. The van der Waals surface area contributed by atoms with Crippen molar-refractivity contribution in [3.63, 3.8) is 0 Å². The van der Waals surface area contributed by atoms with Crippen LogP contribution >= 0.6 is 22.9 Å². The molecule has 2 heterocycles. The van der Waals surface area contributed by atoms with E-state index in [-0.39, 0.29) is 6.04 Å². The van der Waals surface area contributed by atoms with E-state index in [4.69, 9.17) is 16.1 Å². The Hall–Kier alpha value is -1.76. The van der Waals surface area contributed by atoms with Gasteiger partial charge in [0, 0.05) is 22.6 Å². The lowest BCUT2D eigenvalue weighted by molar-refractivity contribution is 0.401. The van der Waals surface area contributed by atoms with Gasteiger partial charge in [-0.25, -0.2) is 4.98 Å². The Labute approximate surface area is 143 Å². The van der Waals surface area contributed by atoms with Crippen LogP contribution in [0.2, 0.25) is 5.02 Å². The van der Waals surface area contributed by atoms with E-state index in [2.05, 4.69) is 34.3 Å². The van der Waals surface area contributed by atoms with E-state index in [9.17, 15) is 0 Å². The maximum atomic E-state index is 5.97. The van der Waals surface area contributed by atoms with Crippen LogP contribution < -0.4 is 5.32 Å². The number of nitrogens with one attached hydrogen (secondary N) is 1. The molecule has 3 aromatic rings. The fourth-order valence-electron chi connectivity index (χ4n) is 2.18. The van der Waals surface area contributed by atoms with Crippen LogP contribution in [0.25, 0.3) is 0 Å². The van der Waals surface area contributed by atoms with E-state index in [0.717, 1.165) is 10.6 Å². The van der Waals surface area contributed by atoms with Crippen molar-refractivity contribution in [3.05, 3.63) is 63.2 Å². The first-order chi connectivity index (χ1) is 11.1. The standard InChI is InChI=1S/C16H17ClN4OS/c1-10(2)13-7-18-14(23-13)8-19-15(16-20-9-22-21-16)11-3-5-12(17)6-4-11/h3-7,9-10,15,19H,8H2,1-2H3/t15-/m0/s1. The van der Waals surface area contributed by atoms with Crippen LogP contribution in [0.4, 0.5) is 0 Å². The largest absolute Gasteiger partial charge is 0.343 e. The molecule has 2 aromatic heterocycles. The highest BCUT2D eigenvalue weighted by Crippen LogP contribution is 2.24. The molecule has 120 valence electrons. The summed E-state index contributed by atoms with van der Waals surface area (Å²) in [5.41, 5.74) is 1.02. The summed E-state index contributed by atoms with van der Waals surface area (Å²) < 4.78 is 4.89. The molecule has 0 amide bonds. The summed E-state index contributed by atoms with van der Waals surface area (Å²) in [6, 6.07) is 7.45. The van der Waals surface area contributed by atoms with Gasteiger partial charge in [0.2, 0.25) is 6.39 Å². The molecule has 1 aromatic carbocycles. The molecule has 1 atom stereocenters. The maximum Gasteiger partial charge on any atom is 0.213 e. The highest BCUT2D eigenvalue weighted by molar-refractivity contribution is 7.11. The Kier molecular flexibility index (Phi) is 5.05. The Bertz CT molecular complexity index is 740. The number of hydrogen-bond donors (Lipinski definition) is 1. The Morgan fingerprint density at radius 3 is 2.61 bits per heavy atom. The van der Waals surface area contributed by atoms with Gasteiger partial charge < -0.3 is 4.52 Å². The molecule has 3 rings (SSSR count). The van der Waals surface area contributed by atoms with Gasteiger partial charge in [-0.3, -0.25) is 5.32 Å². The second-order valence-electron chi connectivity index (χ2n) is 5.47. The van der Waals surface area contributed by atoms with Gasteiger partial charge in [0.15, 0.2) is 5.82 Å². The first-order valence-corrected chi connectivity index (χ1v) is 8.52. The van der Waals surface area contributed by atoms with Gasteiger partial charge in [-0.05, 0) is 23.6 Å². The van der Waals surface area contributed by atoms with Crippen LogP contribution in [-0.2, 0) is 6.54 Å². The summed E-state index contributed by atoms with van der Waals surface area (Å²) in [4.78, 5) is 9.92. The number of nitrogens with zero attached hydrogens (tertiary/aromatic N) is 3. The van der Waals surface area contributed by atoms with Crippen molar-refractivity contribution in [3.8, 4) is 0 Å². The molecular formula is C16H17ClN4OS. The van der Waals surface area contributed by atoms with E-state index in [0.29, 0.717) is 23.3 Å². The van der Waals surface area contributed by atoms with E-state index in [1.807, 2.05) is 30.5 Å². The molecule has 0 radical (unpaired) electrons. The third kappa shape index (κ3) is 3.96. The van der Waals surface area contributed by atoms with Gasteiger partial charge in [0.05, 0.1) is 6.04 Å². The molecule has 0 aliphatic rings. The SMILES string of the molecule is CC(C)c1cnc(CN[C@@H](c2ccc(Cl)cc2)c2ncon2)s1. The van der Waals surface area contributed by atoms with E-state index in [1.165, 1.54) is 11.3 Å². The molecule has 0 saturated carbocycles. The summed E-state index contributed by atoms with van der Waals surface area (Å²) in [5, 5.41) is 9.14. The first kappa shape index (κ1) is 16.1. The number of halogens is 1. The lowest BCUT2D eigenvalue weighted by Gasteiger charge is -2.15. The highest BCUT2D eigenvalue weighted by Gasteiger charge is 2.19. The number of benzene rings is 1. The fraction of sp³-hybridized carbons (Fsp3) is 0.312. The van der Waals surface area contributed by atoms with Crippen LogP contribution in [0.3, 0.4) is 0 Å². The smallest absolute Gasteiger partial charge is 0.213 e. The topological polar surface area (TPSA) is 63.8 Å². The number of thiazole rings is 1. The fourth-order valence-corrected chi connectivity index (χ4v) is 3.18. The molecule has 23 heavy (non-hydrogen) atoms. The summed E-state index contributed by atoms with van der Waals surface area (Å²) in [6.45, 7) is 4.97. The quantitative estimate of drug-likeness (QED) is 0.723. The first-order valence-electron chi connectivity index (χ1n) is 7.33. The third-order valence-electron chi connectivity index (χ3n) is 3.44. The molecule has 0 fully saturated rings. The van der Waals surface area contributed by atoms with E-state index in [1.54, 1.807) is 11.3 Å². The van der Waals surface area contributed by atoms with Crippen LogP contribution in [0.1, 0.15) is 47.1 Å². The van der Waals surface area contributed by atoms with Crippen molar-refractivity contribution in [2.45, 2.75) is 32.4 Å². The molecular weight excluding hydrogens is 332 g/mol. The molecule has 0 bridgehead atoms. The van der Waals surface area contributed by atoms with E-state index >= 15 is 0 Å². The van der Waals surface area contributed by atoms with E-state index < -0.39 is 0 Å². The molecule has 5 nitrogen and oxygen atoms in total. The lowest BCUT2D eigenvalue weighted by atomic mass is 10.1. The molecule has 1 N–H and O–H groups in total. The summed E-state index contributed by atoms with van der Waals surface area (Å²) in [7, 11) is 0. The zero-order chi connectivity index (χ0) is 16.2. The van der Waals surface area contributed by atoms with Crippen molar-refractivity contribution >= 4 is 22.9 Å². The predicted octanol–water partition coefficient (Wildman–Crippen LogP) is 4.18. The number of hydrogen-bond acceptors (Lipinski definition) is 6. The maximum absolute atomic E-state index is 5.97. The Morgan fingerprint density at radius 1 is 1.22 bits per heavy atom. The van der Waals surface area contributed by atoms with Crippen LogP contribution in [0.5, 0.6) is 0 Å². The molecule has 0 saturated heterocycles. The second-order valence-corrected chi connectivity index (χ2v) is 7.05. The van der Waals surface area contributed by atoms with Gasteiger partial charge in [0.25, 0.3) is 0 Å². The third-order valence-corrected chi connectivity index (χ3v) is 4.99. The molecule has 0 spiro atoms. The Balaban J connectivity index is 1.77. The summed E-state index contributed by atoms with van der Waals surface area (Å²) in [6.07, 6.45) is 3.28. The summed E-state index contributed by atoms with van der Waals surface area (Å²) in [5.74, 6) is 1.08. The minimum atomic E-state index is -0.169. The average Bonchev–Trinajstić information content (AvgIpc) is 3.21. The predicted molar refractivity (Wildman–Crippen MR) is 90.6 cm³/mol. The van der Waals surface area contributed by atoms with Crippen molar-refractivity contribution in [2.24, 2.45) is 0 Å². The van der Waals surface area contributed by atoms with Crippen LogP contribution in [0, 0.1) is 0 Å². The molecule has 0 aliphatic carbocycles. The lowest BCUT2D eigenvalue weighted by Crippen LogP contribution is -2.23. The number of aromatic nitrogens is 3. The molecule has 0 aliphatic heterocycles. The van der Waals surface area contributed by atoms with Gasteiger partial charge in [-0.1, -0.05) is 42.7 Å². The zero-order valence-corrected chi connectivity index (χ0v) is 14.4. The molecule has 0 unspecified atom stereocenters. The van der Waals surface area contributed by atoms with Crippen molar-refractivity contribution in [2.75, 3.05) is 0 Å². The van der Waals surface area contributed by atoms with Crippen LogP contribution in [0.15, 0.2) is 41.4 Å². The van der Waals surface area contributed by atoms with Crippen LogP contribution in [-0.4, -0.2) is 15.1 Å². The monoisotopic (exact) mass is 348 g/mol. The van der Waals surface area contributed by atoms with Gasteiger partial charge in [-0.15, -0.1) is 11.3 Å². The highest BCUT2D eigenvalue weighted by atomic mass is 35.5. The minimum Gasteiger partial charge on any atom is -0.343 e. The van der Waals surface area contributed by atoms with Gasteiger partial charge in [-0.2, -0.15) is 4.98 Å².